The average Bonchev–Trinajstić information content (AvgIpc) is 2.84. The fraction of sp³-hybridized carbons (Fsp3) is 0.462. The lowest BCUT2D eigenvalue weighted by Crippen LogP contribution is -2.49. The van der Waals surface area contributed by atoms with Gasteiger partial charge in [0.15, 0.2) is 5.96 Å². The van der Waals surface area contributed by atoms with Crippen molar-refractivity contribution in [1.82, 2.24) is 15.5 Å². The maximum atomic E-state index is 12.9. The van der Waals surface area contributed by atoms with Crippen LogP contribution in [0.5, 0.6) is 0 Å². The minimum atomic E-state index is 0.0621. The molecule has 2 aromatic carbocycles. The van der Waals surface area contributed by atoms with Crippen LogP contribution in [0.4, 0.5) is 5.69 Å². The zero-order valence-electron chi connectivity index (χ0n) is 19.1. The summed E-state index contributed by atoms with van der Waals surface area (Å²) in [5.74, 6) is 0.805. The Morgan fingerprint density at radius 2 is 1.78 bits per heavy atom. The fourth-order valence-corrected chi connectivity index (χ4v) is 4.62. The highest BCUT2D eigenvalue weighted by molar-refractivity contribution is 5.97. The molecule has 1 fully saturated rings. The number of hydrogen-bond donors (Lipinski definition) is 2. The van der Waals surface area contributed by atoms with Gasteiger partial charge in [-0.1, -0.05) is 48.5 Å². The van der Waals surface area contributed by atoms with Crippen LogP contribution in [0.25, 0.3) is 0 Å². The van der Waals surface area contributed by atoms with Crippen molar-refractivity contribution in [1.29, 1.82) is 0 Å². The molecular weight excluding hydrogens is 398 g/mol. The molecule has 0 saturated carbocycles. The van der Waals surface area contributed by atoms with E-state index < -0.39 is 0 Å². The summed E-state index contributed by atoms with van der Waals surface area (Å²) < 4.78 is 0. The molecule has 2 aliphatic rings. The molecule has 1 amide bonds. The van der Waals surface area contributed by atoms with Gasteiger partial charge in [-0.25, -0.2) is 4.99 Å². The number of guanidine groups is 1. The maximum absolute atomic E-state index is 12.9. The molecule has 0 bridgehead atoms. The van der Waals surface area contributed by atoms with Gasteiger partial charge in [-0.15, -0.1) is 0 Å². The Balaban J connectivity index is 1.30. The molecule has 32 heavy (non-hydrogen) atoms. The number of piperidine rings is 1. The van der Waals surface area contributed by atoms with E-state index in [0.717, 1.165) is 70.1 Å². The lowest BCUT2D eigenvalue weighted by molar-refractivity contribution is -0.117. The highest BCUT2D eigenvalue weighted by atomic mass is 16.2. The Kier molecular flexibility index (Phi) is 7.77. The third-order valence-electron chi connectivity index (χ3n) is 6.31. The van der Waals surface area contributed by atoms with E-state index in [1.54, 1.807) is 0 Å². The molecule has 2 aromatic rings. The van der Waals surface area contributed by atoms with Crippen molar-refractivity contribution in [3.63, 3.8) is 0 Å². The number of benzene rings is 2. The van der Waals surface area contributed by atoms with E-state index in [9.17, 15) is 4.79 Å². The van der Waals surface area contributed by atoms with Gasteiger partial charge in [0.25, 0.3) is 0 Å². The van der Waals surface area contributed by atoms with Crippen molar-refractivity contribution in [2.24, 2.45) is 4.99 Å². The average molecular weight is 434 g/mol. The van der Waals surface area contributed by atoms with Crippen molar-refractivity contribution in [3.8, 4) is 0 Å². The number of anilines is 1. The Hall–Kier alpha value is -2.86. The summed E-state index contributed by atoms with van der Waals surface area (Å²) in [7, 11) is 0. The lowest BCUT2D eigenvalue weighted by atomic mass is 10.0. The number of para-hydroxylation sites is 1. The van der Waals surface area contributed by atoms with Crippen molar-refractivity contribution in [3.05, 3.63) is 65.7 Å². The predicted molar refractivity (Wildman–Crippen MR) is 131 cm³/mol. The zero-order chi connectivity index (χ0) is 22.2. The largest absolute Gasteiger partial charge is 0.357 e. The quantitative estimate of drug-likeness (QED) is 0.543. The first-order chi connectivity index (χ1) is 15.7. The number of likely N-dealkylation sites (tertiary alicyclic amines) is 1. The number of nitrogens with one attached hydrogen (secondary N) is 2. The van der Waals surface area contributed by atoms with Gasteiger partial charge in [0.05, 0.1) is 0 Å². The number of nitrogens with zero attached hydrogens (tertiary/aromatic N) is 3. The summed E-state index contributed by atoms with van der Waals surface area (Å²) in [5.41, 5.74) is 3.66. The summed E-state index contributed by atoms with van der Waals surface area (Å²) in [6, 6.07) is 19.2. The van der Waals surface area contributed by atoms with Crippen molar-refractivity contribution < 1.29 is 4.79 Å². The fourth-order valence-electron chi connectivity index (χ4n) is 4.62. The second kappa shape index (κ2) is 11.1. The first kappa shape index (κ1) is 22.3. The van der Waals surface area contributed by atoms with E-state index in [1.165, 1.54) is 11.1 Å². The van der Waals surface area contributed by atoms with Crippen molar-refractivity contribution in [2.75, 3.05) is 37.6 Å². The van der Waals surface area contributed by atoms with Gasteiger partial charge in [-0.2, -0.15) is 0 Å². The Morgan fingerprint density at radius 1 is 1.03 bits per heavy atom. The normalized spacial score (nSPS) is 17.7. The standard InChI is InChI=1S/C26H35N5O/c1-2-27-26(28-19-25(32)31-16-8-12-22-11-6-7-13-24(22)31)29-23-14-17-30(18-15-23)20-21-9-4-3-5-10-21/h3-7,9-11,13,23H,2,8,12,14-20H2,1H3,(H2,27,28,29). The molecule has 2 aliphatic heterocycles. The minimum absolute atomic E-state index is 0.0621. The van der Waals surface area contributed by atoms with Crippen LogP contribution in [-0.4, -0.2) is 55.5 Å². The van der Waals surface area contributed by atoms with Gasteiger partial charge in [0.2, 0.25) is 5.91 Å². The van der Waals surface area contributed by atoms with E-state index >= 15 is 0 Å². The van der Waals surface area contributed by atoms with Crippen molar-refractivity contribution >= 4 is 17.6 Å². The van der Waals surface area contributed by atoms with Crippen LogP contribution in [-0.2, 0) is 17.8 Å². The topological polar surface area (TPSA) is 60.0 Å². The first-order valence-corrected chi connectivity index (χ1v) is 11.9. The molecule has 1 saturated heterocycles. The third kappa shape index (κ3) is 5.88. The lowest BCUT2D eigenvalue weighted by Gasteiger charge is -2.33. The molecule has 0 atom stereocenters. The van der Waals surface area contributed by atoms with Crippen molar-refractivity contribution in [2.45, 2.75) is 45.2 Å². The molecule has 2 N–H and O–H groups in total. The summed E-state index contributed by atoms with van der Waals surface area (Å²) in [6.07, 6.45) is 4.19. The van der Waals surface area contributed by atoms with Crippen LogP contribution in [0.15, 0.2) is 59.6 Å². The first-order valence-electron chi connectivity index (χ1n) is 11.9. The third-order valence-corrected chi connectivity index (χ3v) is 6.31. The number of rotatable bonds is 6. The van der Waals surface area contributed by atoms with Crippen LogP contribution in [0.3, 0.4) is 0 Å². The molecule has 6 nitrogen and oxygen atoms in total. The number of aryl methyl sites for hydroxylation is 1. The molecule has 0 spiro atoms. The number of amides is 1. The van der Waals surface area contributed by atoms with Gasteiger partial charge in [-0.05, 0) is 49.8 Å². The zero-order valence-corrected chi connectivity index (χ0v) is 19.1. The molecule has 0 unspecified atom stereocenters. The van der Waals surface area contributed by atoms with Crippen LogP contribution >= 0.6 is 0 Å². The van der Waals surface area contributed by atoms with E-state index in [1.807, 2.05) is 23.1 Å². The summed E-state index contributed by atoms with van der Waals surface area (Å²) >= 11 is 0. The maximum Gasteiger partial charge on any atom is 0.248 e. The van der Waals surface area contributed by atoms with E-state index in [0.29, 0.717) is 6.04 Å². The summed E-state index contributed by atoms with van der Waals surface area (Å²) in [4.78, 5) is 22.0. The SMILES string of the molecule is CCNC(=NCC(=O)N1CCCc2ccccc21)NC1CCN(Cc2ccccc2)CC1. The van der Waals surface area contributed by atoms with Gasteiger partial charge in [0, 0.05) is 44.5 Å². The highest BCUT2D eigenvalue weighted by Crippen LogP contribution is 2.26. The highest BCUT2D eigenvalue weighted by Gasteiger charge is 2.23. The molecular formula is C26H35N5O. The Bertz CT molecular complexity index is 905. The molecule has 0 radical (unpaired) electrons. The number of carbonyl (C=O) groups is 1. The molecule has 170 valence electrons. The monoisotopic (exact) mass is 433 g/mol. The van der Waals surface area contributed by atoms with Crippen LogP contribution in [0.2, 0.25) is 0 Å². The van der Waals surface area contributed by atoms with E-state index in [2.05, 4.69) is 63.8 Å². The second-order valence-electron chi connectivity index (χ2n) is 8.65. The second-order valence-corrected chi connectivity index (χ2v) is 8.65. The number of aliphatic imine (C=N–C) groups is 1. The molecule has 6 heteroatoms. The van der Waals surface area contributed by atoms with Crippen LogP contribution < -0.4 is 15.5 Å². The Labute approximate surface area is 191 Å². The summed E-state index contributed by atoms with van der Waals surface area (Å²) in [5, 5.41) is 6.87. The molecule has 0 aromatic heterocycles. The summed E-state index contributed by atoms with van der Waals surface area (Å²) in [6.45, 7) is 6.91. The number of fused-ring (bicyclic) bond motifs is 1. The minimum Gasteiger partial charge on any atom is -0.357 e. The van der Waals surface area contributed by atoms with E-state index in [-0.39, 0.29) is 12.5 Å². The van der Waals surface area contributed by atoms with Gasteiger partial charge >= 0.3 is 0 Å². The van der Waals surface area contributed by atoms with Gasteiger partial charge in [-0.3, -0.25) is 9.69 Å². The Morgan fingerprint density at radius 3 is 2.56 bits per heavy atom. The number of hydrogen-bond acceptors (Lipinski definition) is 3. The molecule has 0 aliphatic carbocycles. The van der Waals surface area contributed by atoms with Crippen LogP contribution in [0, 0.1) is 0 Å². The van der Waals surface area contributed by atoms with Crippen LogP contribution in [0.1, 0.15) is 37.3 Å². The smallest absolute Gasteiger partial charge is 0.248 e. The van der Waals surface area contributed by atoms with Gasteiger partial charge in [0.1, 0.15) is 6.54 Å². The predicted octanol–water partition coefficient (Wildman–Crippen LogP) is 3.19. The van der Waals surface area contributed by atoms with E-state index in [4.69, 9.17) is 0 Å². The van der Waals surface area contributed by atoms with Gasteiger partial charge < -0.3 is 15.5 Å². The molecule has 4 rings (SSSR count). The molecule has 2 heterocycles. The number of carbonyl (C=O) groups excluding carboxylic acids is 1.